The first-order valence-electron chi connectivity index (χ1n) is 8.37. The van der Waals surface area contributed by atoms with E-state index >= 15 is 0 Å². The number of aromatic nitrogens is 1. The quantitative estimate of drug-likeness (QED) is 0.925. The molecule has 6 nitrogen and oxygen atoms in total. The topological polar surface area (TPSA) is 65.5 Å². The van der Waals surface area contributed by atoms with E-state index in [1.807, 2.05) is 36.4 Å². The van der Waals surface area contributed by atoms with Crippen LogP contribution in [0.5, 0.6) is 0 Å². The van der Waals surface area contributed by atoms with Crippen molar-refractivity contribution in [3.05, 3.63) is 65.5 Å². The van der Waals surface area contributed by atoms with Gasteiger partial charge in [0.25, 0.3) is 0 Å². The van der Waals surface area contributed by atoms with Crippen molar-refractivity contribution in [2.24, 2.45) is 0 Å². The Hall–Kier alpha value is -2.89. The number of rotatable bonds is 4. The molecule has 0 unspecified atom stereocenters. The van der Waals surface area contributed by atoms with Gasteiger partial charge in [-0.15, -0.1) is 0 Å². The fourth-order valence-corrected chi connectivity index (χ4v) is 2.89. The van der Waals surface area contributed by atoms with Crippen LogP contribution in [0.15, 0.2) is 48.7 Å². The maximum atomic E-state index is 12.3. The molecule has 1 N–H and O–H groups in total. The minimum absolute atomic E-state index is 0.0136. The van der Waals surface area contributed by atoms with E-state index in [4.69, 9.17) is 0 Å². The molecule has 0 saturated carbocycles. The lowest BCUT2D eigenvalue weighted by Crippen LogP contribution is -2.46. The number of nitrogens with one attached hydrogen (secondary N) is 1. The smallest absolute Gasteiger partial charge is 0.318 e. The number of likely N-dealkylation sites (N-methyl/N-ethyl adjacent to an activating group) is 1. The van der Waals surface area contributed by atoms with Crippen molar-refractivity contribution >= 4 is 11.9 Å². The third-order valence-electron chi connectivity index (χ3n) is 4.36. The highest BCUT2D eigenvalue weighted by Gasteiger charge is 2.21. The molecule has 6 heteroatoms. The molecule has 1 aromatic heterocycles. The molecule has 0 aliphatic carbocycles. The summed E-state index contributed by atoms with van der Waals surface area (Å²) in [6.45, 7) is 1.66. The molecule has 0 saturated heterocycles. The van der Waals surface area contributed by atoms with Crippen molar-refractivity contribution in [2.75, 3.05) is 20.1 Å². The van der Waals surface area contributed by atoms with Crippen LogP contribution in [0, 0.1) is 0 Å². The van der Waals surface area contributed by atoms with Crippen molar-refractivity contribution in [3.63, 3.8) is 0 Å². The Morgan fingerprint density at radius 3 is 2.68 bits per heavy atom. The van der Waals surface area contributed by atoms with Crippen LogP contribution >= 0.6 is 0 Å². The Morgan fingerprint density at radius 1 is 1.16 bits per heavy atom. The van der Waals surface area contributed by atoms with Gasteiger partial charge in [0.1, 0.15) is 0 Å². The highest BCUT2D eigenvalue weighted by Crippen LogP contribution is 2.18. The van der Waals surface area contributed by atoms with Gasteiger partial charge in [-0.3, -0.25) is 9.78 Å². The Morgan fingerprint density at radius 2 is 1.92 bits per heavy atom. The molecule has 3 rings (SSSR count). The zero-order valence-corrected chi connectivity index (χ0v) is 14.3. The van der Waals surface area contributed by atoms with Crippen molar-refractivity contribution in [2.45, 2.75) is 19.5 Å². The van der Waals surface area contributed by atoms with Crippen molar-refractivity contribution in [3.8, 4) is 0 Å². The predicted molar refractivity (Wildman–Crippen MR) is 94.7 cm³/mol. The summed E-state index contributed by atoms with van der Waals surface area (Å²) in [5.41, 5.74) is 3.28. The number of nitrogens with zero attached hydrogens (tertiary/aromatic N) is 3. The summed E-state index contributed by atoms with van der Waals surface area (Å²) in [5, 5.41) is 2.73. The summed E-state index contributed by atoms with van der Waals surface area (Å²) in [7, 11) is 1.71. The van der Waals surface area contributed by atoms with Crippen molar-refractivity contribution in [1.29, 1.82) is 0 Å². The summed E-state index contributed by atoms with van der Waals surface area (Å²) >= 11 is 0. The van der Waals surface area contributed by atoms with Crippen LogP contribution in [0.1, 0.15) is 16.8 Å². The number of carbonyl (C=O) groups is 2. The Bertz CT molecular complexity index is 748. The van der Waals surface area contributed by atoms with Crippen molar-refractivity contribution < 1.29 is 9.59 Å². The van der Waals surface area contributed by atoms with Crippen LogP contribution in [0.4, 0.5) is 4.79 Å². The van der Waals surface area contributed by atoms with E-state index in [-0.39, 0.29) is 18.5 Å². The van der Waals surface area contributed by atoms with Gasteiger partial charge in [0.05, 0.1) is 18.8 Å². The number of benzene rings is 1. The number of urea groups is 1. The molecule has 0 atom stereocenters. The number of carbonyl (C=O) groups excluding carboxylic acids is 2. The van der Waals surface area contributed by atoms with Gasteiger partial charge in [-0.05, 0) is 29.7 Å². The van der Waals surface area contributed by atoms with Gasteiger partial charge in [-0.2, -0.15) is 0 Å². The van der Waals surface area contributed by atoms with Gasteiger partial charge >= 0.3 is 6.03 Å². The molecular weight excluding hydrogens is 316 g/mol. The Labute approximate surface area is 147 Å². The number of amides is 3. The van der Waals surface area contributed by atoms with E-state index in [2.05, 4.69) is 16.4 Å². The summed E-state index contributed by atoms with van der Waals surface area (Å²) in [6, 6.07) is 13.5. The van der Waals surface area contributed by atoms with E-state index < -0.39 is 0 Å². The highest BCUT2D eigenvalue weighted by atomic mass is 16.2. The third kappa shape index (κ3) is 4.35. The Kier molecular flexibility index (Phi) is 5.28. The van der Waals surface area contributed by atoms with E-state index in [1.165, 1.54) is 11.1 Å². The fraction of sp³-hybridized carbons (Fsp3) is 0.316. The summed E-state index contributed by atoms with van der Waals surface area (Å²) in [6.07, 6.45) is 2.54. The van der Waals surface area contributed by atoms with E-state index in [0.29, 0.717) is 19.6 Å². The van der Waals surface area contributed by atoms with Crippen molar-refractivity contribution in [1.82, 2.24) is 20.1 Å². The fourth-order valence-electron chi connectivity index (χ4n) is 2.89. The van der Waals surface area contributed by atoms with Crippen LogP contribution in [-0.2, 0) is 24.3 Å². The standard InChI is InChI=1S/C19H22N4O2/c1-22(14-17-8-4-5-10-20-17)18(24)12-21-19(25)23-11-9-15-6-2-3-7-16(15)13-23/h2-8,10H,9,11-14H2,1H3,(H,21,25). The normalized spacial score (nSPS) is 13.1. The first-order chi connectivity index (χ1) is 12.1. The van der Waals surface area contributed by atoms with Gasteiger partial charge in [0, 0.05) is 26.3 Å². The molecule has 1 aromatic carbocycles. The van der Waals surface area contributed by atoms with Gasteiger partial charge < -0.3 is 15.1 Å². The Balaban J connectivity index is 1.48. The van der Waals surface area contributed by atoms with Gasteiger partial charge in [-0.25, -0.2) is 4.79 Å². The van der Waals surface area contributed by atoms with Crippen LogP contribution in [0.25, 0.3) is 0 Å². The summed E-state index contributed by atoms with van der Waals surface area (Å²) < 4.78 is 0. The van der Waals surface area contributed by atoms with Gasteiger partial charge in [0.15, 0.2) is 0 Å². The second-order valence-corrected chi connectivity index (χ2v) is 6.17. The van der Waals surface area contributed by atoms with Crippen LogP contribution in [-0.4, -0.2) is 46.9 Å². The maximum absolute atomic E-state index is 12.3. The number of fused-ring (bicyclic) bond motifs is 1. The lowest BCUT2D eigenvalue weighted by Gasteiger charge is -2.29. The molecular formula is C19H22N4O2. The van der Waals surface area contributed by atoms with Gasteiger partial charge in [0.2, 0.25) is 5.91 Å². The van der Waals surface area contributed by atoms with Crippen LogP contribution in [0.2, 0.25) is 0 Å². The lowest BCUT2D eigenvalue weighted by molar-refractivity contribution is -0.129. The molecule has 0 bridgehead atoms. The third-order valence-corrected chi connectivity index (χ3v) is 4.36. The largest absolute Gasteiger partial charge is 0.338 e. The molecule has 2 heterocycles. The van der Waals surface area contributed by atoms with E-state index in [1.54, 1.807) is 23.0 Å². The monoisotopic (exact) mass is 338 g/mol. The summed E-state index contributed by atoms with van der Waals surface area (Å²) in [5.74, 6) is -0.142. The maximum Gasteiger partial charge on any atom is 0.318 e. The average Bonchev–Trinajstić information content (AvgIpc) is 2.66. The predicted octanol–water partition coefficient (Wildman–Crippen LogP) is 1.81. The molecule has 0 fully saturated rings. The number of pyridine rings is 1. The molecule has 0 spiro atoms. The minimum atomic E-state index is -0.200. The lowest BCUT2D eigenvalue weighted by atomic mass is 10.0. The first-order valence-corrected chi connectivity index (χ1v) is 8.37. The molecule has 0 radical (unpaired) electrons. The molecule has 25 heavy (non-hydrogen) atoms. The molecule has 1 aliphatic heterocycles. The molecule has 1 aliphatic rings. The summed E-state index contributed by atoms with van der Waals surface area (Å²) in [4.78, 5) is 32.0. The minimum Gasteiger partial charge on any atom is -0.338 e. The van der Waals surface area contributed by atoms with Crippen LogP contribution in [0.3, 0.4) is 0 Å². The zero-order chi connectivity index (χ0) is 17.6. The molecule has 2 aromatic rings. The SMILES string of the molecule is CN(Cc1ccccn1)C(=O)CNC(=O)N1CCc2ccccc2C1. The zero-order valence-electron chi connectivity index (χ0n) is 14.3. The van der Waals surface area contributed by atoms with E-state index in [9.17, 15) is 9.59 Å². The molecule has 130 valence electrons. The number of hydrogen-bond acceptors (Lipinski definition) is 3. The number of hydrogen-bond donors (Lipinski definition) is 1. The van der Waals surface area contributed by atoms with E-state index in [0.717, 1.165) is 12.1 Å². The molecule has 3 amide bonds. The first kappa shape index (κ1) is 17.0. The second-order valence-electron chi connectivity index (χ2n) is 6.17. The highest BCUT2D eigenvalue weighted by molar-refractivity contribution is 5.84. The average molecular weight is 338 g/mol. The van der Waals surface area contributed by atoms with Crippen LogP contribution < -0.4 is 5.32 Å². The van der Waals surface area contributed by atoms with Gasteiger partial charge in [-0.1, -0.05) is 30.3 Å². The second kappa shape index (κ2) is 7.79.